The van der Waals surface area contributed by atoms with Crippen LogP contribution in [0.25, 0.3) is 0 Å². The van der Waals surface area contributed by atoms with Gasteiger partial charge in [-0.15, -0.1) is 0 Å². The van der Waals surface area contributed by atoms with Gasteiger partial charge in [-0.05, 0) is 25.7 Å². The van der Waals surface area contributed by atoms with E-state index < -0.39 is 34.8 Å². The number of hydrogen-bond acceptors (Lipinski definition) is 2. The fraction of sp³-hybridized carbons (Fsp3) is 0.571. The number of ether oxygens (including phenoxy) is 1. The molecule has 0 atom stereocenters. The van der Waals surface area contributed by atoms with E-state index in [-0.39, 0.29) is 12.2 Å². The van der Waals surface area contributed by atoms with Crippen molar-refractivity contribution in [2.45, 2.75) is 45.1 Å². The van der Waals surface area contributed by atoms with Gasteiger partial charge in [-0.25, -0.2) is 13.2 Å². The van der Waals surface area contributed by atoms with E-state index in [1.165, 1.54) is 0 Å². The second kappa shape index (κ2) is 7.91. The minimum atomic E-state index is -2.19. The average Bonchev–Trinajstić information content (AvgIpc) is 2.54. The largest absolute Gasteiger partial charge is 0.487 e. The molecule has 0 aliphatic rings. The molecule has 0 bridgehead atoms. The molecule has 0 radical (unpaired) electrons. The normalized spacial score (nSPS) is 12.0. The molecular formula is C14H19F5O2Si. The van der Waals surface area contributed by atoms with Gasteiger partial charge in [0.05, 0.1) is 12.2 Å². The summed E-state index contributed by atoms with van der Waals surface area (Å²) in [5.74, 6) is -11.3. The Morgan fingerprint density at radius 1 is 0.864 bits per heavy atom. The highest BCUT2D eigenvalue weighted by Gasteiger charge is 2.28. The molecule has 8 heteroatoms. The van der Waals surface area contributed by atoms with Crippen molar-refractivity contribution in [3.63, 3.8) is 0 Å². The first-order chi connectivity index (χ1) is 10.3. The van der Waals surface area contributed by atoms with Gasteiger partial charge in [0.15, 0.2) is 5.75 Å². The SMILES string of the molecule is CCC(CC)(CCCOc1c(F)c(F)c(F)c(F)c1F)O[SiH3]. The molecule has 0 saturated heterocycles. The zero-order chi connectivity index (χ0) is 16.9. The molecular weight excluding hydrogens is 323 g/mol. The van der Waals surface area contributed by atoms with Crippen LogP contribution in [0.2, 0.25) is 0 Å². The van der Waals surface area contributed by atoms with E-state index in [0.717, 1.165) is 12.8 Å². The zero-order valence-corrected chi connectivity index (χ0v) is 14.7. The van der Waals surface area contributed by atoms with Crippen molar-refractivity contribution in [3.8, 4) is 5.75 Å². The van der Waals surface area contributed by atoms with Crippen molar-refractivity contribution in [2.24, 2.45) is 0 Å². The van der Waals surface area contributed by atoms with E-state index in [9.17, 15) is 22.0 Å². The first-order valence-electron chi connectivity index (χ1n) is 7.02. The van der Waals surface area contributed by atoms with Crippen LogP contribution in [0.5, 0.6) is 5.75 Å². The molecule has 1 rings (SSSR count). The standard InChI is InChI=1S/C14H19F5O2Si/c1-3-14(4-2,21-22)6-5-7-20-13-11(18)9(16)8(15)10(17)12(13)19/h3-7H2,1-2,22H3. The highest BCUT2D eigenvalue weighted by atomic mass is 28.2. The van der Waals surface area contributed by atoms with Crippen LogP contribution >= 0.6 is 0 Å². The van der Waals surface area contributed by atoms with Crippen LogP contribution in [0.15, 0.2) is 0 Å². The summed E-state index contributed by atoms with van der Waals surface area (Å²) < 4.78 is 76.0. The van der Waals surface area contributed by atoms with Crippen molar-refractivity contribution in [1.29, 1.82) is 0 Å². The van der Waals surface area contributed by atoms with Crippen molar-refractivity contribution in [2.75, 3.05) is 6.61 Å². The lowest BCUT2D eigenvalue weighted by atomic mass is 9.92. The average molecular weight is 342 g/mol. The molecule has 22 heavy (non-hydrogen) atoms. The second-order valence-electron chi connectivity index (χ2n) is 4.95. The van der Waals surface area contributed by atoms with Crippen LogP contribution in [-0.2, 0) is 4.43 Å². The van der Waals surface area contributed by atoms with Crippen LogP contribution < -0.4 is 4.74 Å². The molecule has 0 aliphatic heterocycles. The fourth-order valence-corrected chi connectivity index (χ4v) is 3.06. The summed E-state index contributed by atoms with van der Waals surface area (Å²) in [5, 5.41) is 0. The number of benzene rings is 1. The molecule has 0 unspecified atom stereocenters. The summed E-state index contributed by atoms with van der Waals surface area (Å²) in [4.78, 5) is 0. The highest BCUT2D eigenvalue weighted by Crippen LogP contribution is 2.30. The van der Waals surface area contributed by atoms with Gasteiger partial charge in [0.25, 0.3) is 0 Å². The zero-order valence-electron chi connectivity index (χ0n) is 12.7. The van der Waals surface area contributed by atoms with Gasteiger partial charge in [0, 0.05) is 0 Å². The molecule has 0 aromatic heterocycles. The first kappa shape index (κ1) is 18.9. The summed E-state index contributed by atoms with van der Waals surface area (Å²) in [7, 11) is 0.551. The van der Waals surface area contributed by atoms with E-state index in [0.29, 0.717) is 23.3 Å². The summed E-state index contributed by atoms with van der Waals surface area (Å²) in [6, 6.07) is 0. The summed E-state index contributed by atoms with van der Waals surface area (Å²) in [5.41, 5.74) is -0.314. The van der Waals surface area contributed by atoms with Gasteiger partial charge in [-0.2, -0.15) is 8.78 Å². The fourth-order valence-electron chi connectivity index (χ4n) is 2.27. The number of hydrogen-bond donors (Lipinski definition) is 0. The molecule has 0 amide bonds. The van der Waals surface area contributed by atoms with Crippen LogP contribution in [0.4, 0.5) is 22.0 Å². The lowest BCUT2D eigenvalue weighted by Gasteiger charge is -2.31. The molecule has 0 fully saturated rings. The third-order valence-corrected chi connectivity index (χ3v) is 4.78. The van der Waals surface area contributed by atoms with Crippen molar-refractivity contribution in [1.82, 2.24) is 0 Å². The van der Waals surface area contributed by atoms with Crippen molar-refractivity contribution < 1.29 is 31.1 Å². The summed E-state index contributed by atoms with van der Waals surface area (Å²) in [6.45, 7) is 3.77. The van der Waals surface area contributed by atoms with Crippen LogP contribution in [0.3, 0.4) is 0 Å². The van der Waals surface area contributed by atoms with Crippen LogP contribution in [0, 0.1) is 29.1 Å². The van der Waals surface area contributed by atoms with E-state index in [1.807, 2.05) is 13.8 Å². The maximum absolute atomic E-state index is 13.4. The Morgan fingerprint density at radius 2 is 1.32 bits per heavy atom. The highest BCUT2D eigenvalue weighted by molar-refractivity contribution is 5.98. The molecule has 0 spiro atoms. The van der Waals surface area contributed by atoms with Crippen molar-refractivity contribution in [3.05, 3.63) is 29.1 Å². The lowest BCUT2D eigenvalue weighted by molar-refractivity contribution is 0.0542. The van der Waals surface area contributed by atoms with Gasteiger partial charge < -0.3 is 9.16 Å². The van der Waals surface area contributed by atoms with Gasteiger partial charge in [-0.3, -0.25) is 0 Å². The van der Waals surface area contributed by atoms with E-state index >= 15 is 0 Å². The monoisotopic (exact) mass is 342 g/mol. The number of rotatable bonds is 8. The topological polar surface area (TPSA) is 18.5 Å². The summed E-state index contributed by atoms with van der Waals surface area (Å²) in [6.07, 6.45) is 2.51. The first-order valence-corrected chi connectivity index (χ1v) is 7.84. The Labute approximate surface area is 129 Å². The van der Waals surface area contributed by atoms with E-state index in [4.69, 9.17) is 9.16 Å². The predicted octanol–water partition coefficient (Wildman–Crippen LogP) is 3.40. The Balaban J connectivity index is 2.74. The van der Waals surface area contributed by atoms with Crippen LogP contribution in [-0.4, -0.2) is 22.7 Å². The van der Waals surface area contributed by atoms with E-state index in [2.05, 4.69) is 0 Å². The Kier molecular flexibility index (Phi) is 6.80. The second-order valence-corrected chi connectivity index (χ2v) is 5.35. The molecule has 0 N–H and O–H groups in total. The van der Waals surface area contributed by atoms with Gasteiger partial charge >= 0.3 is 0 Å². The molecule has 126 valence electrons. The third kappa shape index (κ3) is 3.78. The smallest absolute Gasteiger partial charge is 0.206 e. The predicted molar refractivity (Wildman–Crippen MR) is 75.3 cm³/mol. The van der Waals surface area contributed by atoms with E-state index in [1.54, 1.807) is 0 Å². The molecule has 0 aliphatic carbocycles. The van der Waals surface area contributed by atoms with Crippen LogP contribution in [0.1, 0.15) is 39.5 Å². The molecule has 2 nitrogen and oxygen atoms in total. The maximum Gasteiger partial charge on any atom is 0.206 e. The maximum atomic E-state index is 13.4. The molecule has 1 aromatic carbocycles. The minimum absolute atomic E-state index is 0.162. The van der Waals surface area contributed by atoms with Gasteiger partial charge in [0.2, 0.25) is 29.1 Å². The molecule has 1 aromatic rings. The minimum Gasteiger partial charge on any atom is -0.487 e. The third-order valence-electron chi connectivity index (χ3n) is 3.91. The van der Waals surface area contributed by atoms with Gasteiger partial charge in [0.1, 0.15) is 10.5 Å². The quantitative estimate of drug-likeness (QED) is 0.237. The Morgan fingerprint density at radius 3 is 1.73 bits per heavy atom. The Hall–Kier alpha value is -1.15. The van der Waals surface area contributed by atoms with Crippen molar-refractivity contribution >= 4 is 10.5 Å². The molecule has 0 saturated carbocycles. The Bertz CT molecular complexity index is 483. The lowest BCUT2D eigenvalue weighted by Crippen LogP contribution is -2.30. The molecule has 0 heterocycles. The van der Waals surface area contributed by atoms with Gasteiger partial charge in [-0.1, -0.05) is 13.8 Å². The number of halogens is 5. The summed E-state index contributed by atoms with van der Waals surface area (Å²) >= 11 is 0.